The standard InChI is InChI=1S/C15H19N3O2.ClH/c16-13-9-5-4-8(6-9)12(13)15(20)18-11-3-1-2-10(7-11)14(17)19;/h1-3,7-9,12-13H,4-6,16H2,(H2,17,19)(H,18,20);1H. The van der Waals surface area contributed by atoms with Gasteiger partial charge in [-0.15, -0.1) is 12.4 Å². The quantitative estimate of drug-likeness (QED) is 0.789. The summed E-state index contributed by atoms with van der Waals surface area (Å²) in [4.78, 5) is 23.5. The van der Waals surface area contributed by atoms with Crippen LogP contribution in [0.4, 0.5) is 5.69 Å². The predicted octanol–water partition coefficient (Wildman–Crippen LogP) is 1.52. The Labute approximate surface area is 129 Å². The topological polar surface area (TPSA) is 98.2 Å². The highest BCUT2D eigenvalue weighted by atomic mass is 35.5. The first-order chi connectivity index (χ1) is 9.56. The minimum Gasteiger partial charge on any atom is -0.366 e. The summed E-state index contributed by atoms with van der Waals surface area (Å²) in [5.41, 5.74) is 12.4. The molecule has 2 bridgehead atoms. The smallest absolute Gasteiger partial charge is 0.248 e. The molecule has 3 rings (SSSR count). The lowest BCUT2D eigenvalue weighted by atomic mass is 9.84. The van der Waals surface area contributed by atoms with E-state index >= 15 is 0 Å². The van der Waals surface area contributed by atoms with Crippen molar-refractivity contribution in [2.75, 3.05) is 5.32 Å². The molecule has 114 valence electrons. The maximum absolute atomic E-state index is 12.4. The van der Waals surface area contributed by atoms with Gasteiger partial charge in [0.15, 0.2) is 0 Å². The predicted molar refractivity (Wildman–Crippen MR) is 83.1 cm³/mol. The fourth-order valence-corrected chi connectivity index (χ4v) is 3.70. The number of fused-ring (bicyclic) bond motifs is 2. The molecule has 4 atom stereocenters. The first-order valence-corrected chi connectivity index (χ1v) is 7.02. The van der Waals surface area contributed by atoms with E-state index in [-0.39, 0.29) is 30.3 Å². The van der Waals surface area contributed by atoms with Crippen LogP contribution in [-0.4, -0.2) is 17.9 Å². The third kappa shape index (κ3) is 2.89. The average Bonchev–Trinajstić information content (AvgIpc) is 2.99. The van der Waals surface area contributed by atoms with Crippen LogP contribution in [0.5, 0.6) is 0 Å². The van der Waals surface area contributed by atoms with Crippen molar-refractivity contribution >= 4 is 29.9 Å². The van der Waals surface area contributed by atoms with Crippen molar-refractivity contribution in [3.63, 3.8) is 0 Å². The molecule has 0 radical (unpaired) electrons. The molecule has 1 aromatic carbocycles. The van der Waals surface area contributed by atoms with E-state index in [0.29, 0.717) is 23.1 Å². The van der Waals surface area contributed by atoms with Gasteiger partial charge in [-0.25, -0.2) is 0 Å². The molecule has 5 nitrogen and oxygen atoms in total. The Hall–Kier alpha value is -1.59. The van der Waals surface area contributed by atoms with Gasteiger partial charge in [-0.05, 0) is 49.3 Å². The second kappa shape index (κ2) is 6.03. The lowest BCUT2D eigenvalue weighted by molar-refractivity contribution is -0.121. The van der Waals surface area contributed by atoms with Gasteiger partial charge in [0.05, 0.1) is 5.92 Å². The van der Waals surface area contributed by atoms with E-state index in [1.807, 2.05) is 0 Å². The number of nitrogens with one attached hydrogen (secondary N) is 1. The summed E-state index contributed by atoms with van der Waals surface area (Å²) in [5.74, 6) is 0.261. The molecule has 2 aliphatic rings. The van der Waals surface area contributed by atoms with Gasteiger partial charge < -0.3 is 16.8 Å². The Morgan fingerprint density at radius 3 is 2.52 bits per heavy atom. The molecule has 2 amide bonds. The van der Waals surface area contributed by atoms with E-state index < -0.39 is 5.91 Å². The highest BCUT2D eigenvalue weighted by Crippen LogP contribution is 2.47. The Bertz CT molecular complexity index is 562. The molecule has 2 aliphatic carbocycles. The van der Waals surface area contributed by atoms with Crippen LogP contribution in [0.3, 0.4) is 0 Å². The van der Waals surface area contributed by atoms with Gasteiger partial charge in [0.1, 0.15) is 0 Å². The molecule has 0 aliphatic heterocycles. The number of amides is 2. The summed E-state index contributed by atoms with van der Waals surface area (Å²) in [7, 11) is 0. The van der Waals surface area contributed by atoms with Crippen molar-refractivity contribution in [2.24, 2.45) is 29.2 Å². The van der Waals surface area contributed by atoms with E-state index in [0.717, 1.165) is 19.3 Å². The van der Waals surface area contributed by atoms with Crippen LogP contribution in [0.2, 0.25) is 0 Å². The molecule has 0 saturated heterocycles. The van der Waals surface area contributed by atoms with Gasteiger partial charge in [0.2, 0.25) is 11.8 Å². The maximum Gasteiger partial charge on any atom is 0.248 e. The van der Waals surface area contributed by atoms with Crippen molar-refractivity contribution in [1.82, 2.24) is 0 Å². The summed E-state index contributed by atoms with van der Waals surface area (Å²) >= 11 is 0. The van der Waals surface area contributed by atoms with Gasteiger partial charge >= 0.3 is 0 Å². The molecule has 4 unspecified atom stereocenters. The number of carbonyl (C=O) groups excluding carboxylic acids is 2. The van der Waals surface area contributed by atoms with Crippen molar-refractivity contribution in [3.8, 4) is 0 Å². The van der Waals surface area contributed by atoms with E-state index in [9.17, 15) is 9.59 Å². The van der Waals surface area contributed by atoms with Crippen LogP contribution in [0.25, 0.3) is 0 Å². The minimum absolute atomic E-state index is 0. The van der Waals surface area contributed by atoms with Gasteiger partial charge in [-0.1, -0.05) is 6.07 Å². The third-order valence-electron chi connectivity index (χ3n) is 4.70. The van der Waals surface area contributed by atoms with Gasteiger partial charge in [-0.3, -0.25) is 9.59 Å². The maximum atomic E-state index is 12.4. The SMILES string of the molecule is Cl.NC(=O)c1cccc(NC(=O)C2C3CCC(C3)C2N)c1. The molecule has 6 heteroatoms. The van der Waals surface area contributed by atoms with Gasteiger partial charge in [-0.2, -0.15) is 0 Å². The molecular weight excluding hydrogens is 290 g/mol. The van der Waals surface area contributed by atoms with E-state index in [1.165, 1.54) is 0 Å². The summed E-state index contributed by atoms with van der Waals surface area (Å²) in [5, 5.41) is 2.87. The van der Waals surface area contributed by atoms with Crippen molar-refractivity contribution in [1.29, 1.82) is 0 Å². The molecule has 1 aromatic rings. The van der Waals surface area contributed by atoms with E-state index in [4.69, 9.17) is 11.5 Å². The molecule has 5 N–H and O–H groups in total. The summed E-state index contributed by atoms with van der Waals surface area (Å²) in [6, 6.07) is 6.65. The molecule has 0 heterocycles. The highest BCUT2D eigenvalue weighted by molar-refractivity contribution is 5.97. The summed E-state index contributed by atoms with van der Waals surface area (Å²) in [6.45, 7) is 0. The lowest BCUT2D eigenvalue weighted by Crippen LogP contribution is -2.42. The lowest BCUT2D eigenvalue weighted by Gasteiger charge is -2.27. The number of halogens is 1. The van der Waals surface area contributed by atoms with Crippen LogP contribution in [0, 0.1) is 17.8 Å². The monoisotopic (exact) mass is 309 g/mol. The largest absolute Gasteiger partial charge is 0.366 e. The average molecular weight is 310 g/mol. The van der Waals surface area contributed by atoms with Crippen LogP contribution < -0.4 is 16.8 Å². The second-order valence-electron chi connectivity index (χ2n) is 5.87. The van der Waals surface area contributed by atoms with Crippen molar-refractivity contribution < 1.29 is 9.59 Å². The van der Waals surface area contributed by atoms with E-state index in [2.05, 4.69) is 5.32 Å². The zero-order valence-electron chi connectivity index (χ0n) is 11.6. The van der Waals surface area contributed by atoms with Crippen LogP contribution in [-0.2, 0) is 4.79 Å². The van der Waals surface area contributed by atoms with Crippen LogP contribution >= 0.6 is 12.4 Å². The Balaban J connectivity index is 0.00000161. The number of nitrogens with two attached hydrogens (primary N) is 2. The Morgan fingerprint density at radius 1 is 1.19 bits per heavy atom. The Kier molecular flexibility index (Phi) is 4.54. The fourth-order valence-electron chi connectivity index (χ4n) is 3.70. The Morgan fingerprint density at radius 2 is 1.90 bits per heavy atom. The number of hydrogen-bond acceptors (Lipinski definition) is 3. The summed E-state index contributed by atoms with van der Waals surface area (Å²) < 4.78 is 0. The molecule has 0 aromatic heterocycles. The number of benzene rings is 1. The second-order valence-corrected chi connectivity index (χ2v) is 5.87. The number of carbonyl (C=O) groups is 2. The first-order valence-electron chi connectivity index (χ1n) is 7.02. The molecular formula is C15H20ClN3O2. The van der Waals surface area contributed by atoms with Crippen molar-refractivity contribution in [3.05, 3.63) is 29.8 Å². The minimum atomic E-state index is -0.502. The van der Waals surface area contributed by atoms with Gasteiger partial charge in [0.25, 0.3) is 0 Å². The normalized spacial score (nSPS) is 29.8. The molecule has 2 saturated carbocycles. The molecule has 2 fully saturated rings. The zero-order valence-corrected chi connectivity index (χ0v) is 12.4. The number of hydrogen-bond donors (Lipinski definition) is 3. The van der Waals surface area contributed by atoms with Crippen molar-refractivity contribution in [2.45, 2.75) is 25.3 Å². The van der Waals surface area contributed by atoms with Gasteiger partial charge in [0, 0.05) is 17.3 Å². The number of rotatable bonds is 3. The molecule has 21 heavy (non-hydrogen) atoms. The molecule has 0 spiro atoms. The van der Waals surface area contributed by atoms with E-state index in [1.54, 1.807) is 24.3 Å². The summed E-state index contributed by atoms with van der Waals surface area (Å²) in [6.07, 6.45) is 3.31. The third-order valence-corrected chi connectivity index (χ3v) is 4.70. The zero-order chi connectivity index (χ0) is 14.3. The first kappa shape index (κ1) is 15.8. The van der Waals surface area contributed by atoms with Crippen LogP contribution in [0.15, 0.2) is 24.3 Å². The number of primary amides is 1. The highest BCUT2D eigenvalue weighted by Gasteiger charge is 2.49. The number of anilines is 1. The fraction of sp³-hybridized carbons (Fsp3) is 0.467. The van der Waals surface area contributed by atoms with Crippen LogP contribution in [0.1, 0.15) is 29.6 Å².